The maximum atomic E-state index is 9.18. The molecule has 2 heteroatoms. The summed E-state index contributed by atoms with van der Waals surface area (Å²) in [5.74, 6) is 0.307. The van der Waals surface area contributed by atoms with Crippen molar-refractivity contribution in [3.8, 4) is 5.75 Å². The molecular formula is C19H31NO. The molecule has 0 aliphatic heterocycles. The second kappa shape index (κ2) is 12.4. The lowest BCUT2D eigenvalue weighted by Gasteiger charge is -2.01. The van der Waals surface area contributed by atoms with E-state index in [9.17, 15) is 5.11 Å². The van der Waals surface area contributed by atoms with Crippen LogP contribution in [0.1, 0.15) is 76.7 Å². The van der Waals surface area contributed by atoms with Crippen molar-refractivity contribution in [1.82, 2.24) is 0 Å². The molecule has 0 amide bonds. The van der Waals surface area contributed by atoms with Crippen molar-refractivity contribution >= 4 is 6.21 Å². The minimum atomic E-state index is 0.307. The summed E-state index contributed by atoms with van der Waals surface area (Å²) in [6.07, 6.45) is 15.5. The molecule has 0 aromatic heterocycles. The maximum Gasteiger partial charge on any atom is 0.115 e. The predicted octanol–water partition coefficient (Wildman–Crippen LogP) is 5.73. The molecule has 0 heterocycles. The third kappa shape index (κ3) is 10.1. The minimum absolute atomic E-state index is 0.307. The molecule has 2 nitrogen and oxygen atoms in total. The second-order valence-corrected chi connectivity index (χ2v) is 5.81. The summed E-state index contributed by atoms with van der Waals surface area (Å²) in [4.78, 5) is 4.43. The number of nitrogens with zero attached hydrogens (tertiary/aromatic N) is 1. The first-order valence-corrected chi connectivity index (χ1v) is 8.62. The van der Waals surface area contributed by atoms with Crippen LogP contribution in [0.2, 0.25) is 0 Å². The Morgan fingerprint density at radius 2 is 1.33 bits per heavy atom. The minimum Gasteiger partial charge on any atom is -0.508 e. The highest BCUT2D eigenvalue weighted by Gasteiger charge is 1.92. The quantitative estimate of drug-likeness (QED) is 0.386. The molecule has 118 valence electrons. The van der Waals surface area contributed by atoms with Gasteiger partial charge in [-0.05, 0) is 36.2 Å². The van der Waals surface area contributed by atoms with Gasteiger partial charge in [0.2, 0.25) is 0 Å². The van der Waals surface area contributed by atoms with Gasteiger partial charge >= 0.3 is 0 Å². The lowest BCUT2D eigenvalue weighted by atomic mass is 10.1. The van der Waals surface area contributed by atoms with Gasteiger partial charge in [0.25, 0.3) is 0 Å². The third-order valence-electron chi connectivity index (χ3n) is 3.77. The largest absolute Gasteiger partial charge is 0.508 e. The zero-order valence-electron chi connectivity index (χ0n) is 13.6. The lowest BCUT2D eigenvalue weighted by Crippen LogP contribution is -1.86. The number of benzene rings is 1. The molecule has 21 heavy (non-hydrogen) atoms. The van der Waals surface area contributed by atoms with Crippen molar-refractivity contribution in [3.63, 3.8) is 0 Å². The number of hydrogen-bond donors (Lipinski definition) is 1. The zero-order chi connectivity index (χ0) is 15.2. The standard InChI is InChI=1S/C19H31NO/c1-2-3-4-5-6-7-8-9-10-11-16-20-17-18-12-14-19(21)15-13-18/h12-15,17,21H,2-11,16H2,1H3/b20-17+. The molecule has 1 N–H and O–H groups in total. The van der Waals surface area contributed by atoms with E-state index >= 15 is 0 Å². The van der Waals surface area contributed by atoms with Crippen LogP contribution in [0.4, 0.5) is 0 Å². The van der Waals surface area contributed by atoms with Crippen LogP contribution in [0.3, 0.4) is 0 Å². The van der Waals surface area contributed by atoms with Crippen molar-refractivity contribution < 1.29 is 5.11 Å². The third-order valence-corrected chi connectivity index (χ3v) is 3.77. The average Bonchev–Trinajstić information content (AvgIpc) is 2.50. The van der Waals surface area contributed by atoms with Crippen molar-refractivity contribution in [2.75, 3.05) is 6.54 Å². The highest BCUT2D eigenvalue weighted by Crippen LogP contribution is 2.11. The Morgan fingerprint density at radius 3 is 1.90 bits per heavy atom. The van der Waals surface area contributed by atoms with E-state index in [0.717, 1.165) is 12.1 Å². The van der Waals surface area contributed by atoms with Gasteiger partial charge in [-0.25, -0.2) is 0 Å². The van der Waals surface area contributed by atoms with E-state index in [1.54, 1.807) is 12.1 Å². The van der Waals surface area contributed by atoms with Crippen molar-refractivity contribution in [1.29, 1.82) is 0 Å². The fourth-order valence-electron chi connectivity index (χ4n) is 2.42. The first-order chi connectivity index (χ1) is 10.3. The Hall–Kier alpha value is -1.31. The summed E-state index contributed by atoms with van der Waals surface area (Å²) >= 11 is 0. The van der Waals surface area contributed by atoms with Crippen LogP contribution >= 0.6 is 0 Å². The molecule has 0 bridgehead atoms. The molecular weight excluding hydrogens is 258 g/mol. The van der Waals surface area contributed by atoms with Gasteiger partial charge in [0.05, 0.1) is 0 Å². The van der Waals surface area contributed by atoms with Crippen LogP contribution in [-0.2, 0) is 0 Å². The first kappa shape index (κ1) is 17.7. The molecule has 0 aliphatic rings. The molecule has 0 fully saturated rings. The molecule has 0 saturated heterocycles. The van der Waals surface area contributed by atoms with Gasteiger partial charge in [0, 0.05) is 12.8 Å². The molecule has 0 spiro atoms. The van der Waals surface area contributed by atoms with Crippen LogP contribution in [0, 0.1) is 0 Å². The van der Waals surface area contributed by atoms with Gasteiger partial charge in [0.1, 0.15) is 5.75 Å². The van der Waals surface area contributed by atoms with Crippen molar-refractivity contribution in [2.24, 2.45) is 4.99 Å². The molecule has 0 aliphatic carbocycles. The van der Waals surface area contributed by atoms with Crippen LogP contribution in [0.25, 0.3) is 0 Å². The van der Waals surface area contributed by atoms with Crippen LogP contribution in [0.5, 0.6) is 5.75 Å². The van der Waals surface area contributed by atoms with E-state index < -0.39 is 0 Å². The monoisotopic (exact) mass is 289 g/mol. The van der Waals surface area contributed by atoms with Crippen LogP contribution in [0.15, 0.2) is 29.3 Å². The second-order valence-electron chi connectivity index (χ2n) is 5.81. The normalized spacial score (nSPS) is 11.3. The number of aromatic hydroxyl groups is 1. The molecule has 0 unspecified atom stereocenters. The van der Waals surface area contributed by atoms with Gasteiger partial charge in [0.15, 0.2) is 0 Å². The number of phenols is 1. The Bertz CT molecular complexity index is 370. The number of hydrogen-bond acceptors (Lipinski definition) is 2. The Morgan fingerprint density at radius 1 is 0.810 bits per heavy atom. The van der Waals surface area contributed by atoms with Gasteiger partial charge in [-0.15, -0.1) is 0 Å². The first-order valence-electron chi connectivity index (χ1n) is 8.62. The van der Waals surface area contributed by atoms with E-state index in [1.807, 2.05) is 18.3 Å². The number of rotatable bonds is 12. The summed E-state index contributed by atoms with van der Waals surface area (Å²) < 4.78 is 0. The van der Waals surface area contributed by atoms with Crippen LogP contribution in [-0.4, -0.2) is 17.9 Å². The van der Waals surface area contributed by atoms with E-state index in [0.29, 0.717) is 5.75 Å². The maximum absolute atomic E-state index is 9.18. The molecule has 0 atom stereocenters. The van der Waals surface area contributed by atoms with Crippen molar-refractivity contribution in [3.05, 3.63) is 29.8 Å². The SMILES string of the molecule is CCCCCCCCCCCC/N=C/c1ccc(O)cc1. The lowest BCUT2D eigenvalue weighted by molar-refractivity contribution is 0.475. The van der Waals surface area contributed by atoms with Crippen molar-refractivity contribution in [2.45, 2.75) is 71.1 Å². The zero-order valence-corrected chi connectivity index (χ0v) is 13.6. The van der Waals surface area contributed by atoms with Crippen LogP contribution < -0.4 is 0 Å². The van der Waals surface area contributed by atoms with E-state index in [-0.39, 0.29) is 0 Å². The summed E-state index contributed by atoms with van der Waals surface area (Å²) in [5.41, 5.74) is 1.06. The van der Waals surface area contributed by atoms with E-state index in [4.69, 9.17) is 0 Å². The van der Waals surface area contributed by atoms with Gasteiger partial charge < -0.3 is 5.11 Å². The highest BCUT2D eigenvalue weighted by molar-refractivity contribution is 5.79. The number of phenolic OH excluding ortho intramolecular Hbond substituents is 1. The summed E-state index contributed by atoms with van der Waals surface area (Å²) in [5, 5.41) is 9.18. The van der Waals surface area contributed by atoms with Gasteiger partial charge in [-0.1, -0.05) is 64.7 Å². The summed E-state index contributed by atoms with van der Waals surface area (Å²) in [6.45, 7) is 3.18. The Kier molecular flexibility index (Phi) is 10.5. The summed E-state index contributed by atoms with van der Waals surface area (Å²) in [7, 11) is 0. The molecule has 1 aromatic carbocycles. The molecule has 0 radical (unpaired) electrons. The average molecular weight is 289 g/mol. The Labute approximate surface area is 130 Å². The molecule has 0 saturated carbocycles. The van der Waals surface area contributed by atoms with E-state index in [2.05, 4.69) is 11.9 Å². The topological polar surface area (TPSA) is 32.6 Å². The number of unbranched alkanes of at least 4 members (excludes halogenated alkanes) is 9. The van der Waals surface area contributed by atoms with E-state index in [1.165, 1.54) is 64.2 Å². The Balaban J connectivity index is 1.89. The fourth-order valence-corrected chi connectivity index (χ4v) is 2.42. The molecule has 1 rings (SSSR count). The predicted molar refractivity (Wildman–Crippen MR) is 92.4 cm³/mol. The number of aliphatic imine (C=N–C) groups is 1. The molecule has 1 aromatic rings. The highest BCUT2D eigenvalue weighted by atomic mass is 16.3. The smallest absolute Gasteiger partial charge is 0.115 e. The van der Waals surface area contributed by atoms with Gasteiger partial charge in [-0.2, -0.15) is 0 Å². The summed E-state index contributed by atoms with van der Waals surface area (Å²) in [6, 6.07) is 7.17. The van der Waals surface area contributed by atoms with Gasteiger partial charge in [-0.3, -0.25) is 4.99 Å². The fraction of sp³-hybridized carbons (Fsp3) is 0.632.